The number of benzene rings is 2. The third kappa shape index (κ3) is 4.39. The Balaban J connectivity index is 1.76. The first-order chi connectivity index (χ1) is 14.5. The standard InChI is InChI=1S/C23H23F4NO3/c1-22(2,30)20(13-7-8-13)28-11-14-9-15(24)10-17(19(14)21(28)29)16-5-3-4-6-18(16)31-12-23(25,26)27/h3-6,9-10,13,20,30H,7-8,11-12H2,1-2H3. The summed E-state index contributed by atoms with van der Waals surface area (Å²) < 4.78 is 57.5. The summed E-state index contributed by atoms with van der Waals surface area (Å²) in [5.41, 5.74) is -0.0694. The molecular formula is C23H23F4NO3. The number of fused-ring (bicyclic) bond motifs is 1. The average molecular weight is 437 g/mol. The fourth-order valence-corrected chi connectivity index (χ4v) is 4.48. The van der Waals surface area contributed by atoms with Gasteiger partial charge in [-0.15, -0.1) is 0 Å². The zero-order valence-corrected chi connectivity index (χ0v) is 17.2. The number of hydrogen-bond donors (Lipinski definition) is 1. The molecule has 2 aromatic rings. The number of aliphatic hydroxyl groups is 1. The Morgan fingerprint density at radius 3 is 2.45 bits per heavy atom. The highest BCUT2D eigenvalue weighted by Gasteiger charge is 2.48. The molecule has 166 valence electrons. The fourth-order valence-electron chi connectivity index (χ4n) is 4.48. The number of ether oxygens (including phenoxy) is 1. The van der Waals surface area contributed by atoms with Gasteiger partial charge in [-0.05, 0) is 56.4 Å². The summed E-state index contributed by atoms with van der Waals surface area (Å²) in [5, 5.41) is 10.7. The maximum absolute atomic E-state index is 14.5. The van der Waals surface area contributed by atoms with Crippen molar-refractivity contribution in [3.63, 3.8) is 0 Å². The van der Waals surface area contributed by atoms with Gasteiger partial charge in [0, 0.05) is 17.7 Å². The normalized spacial score (nSPS) is 17.6. The van der Waals surface area contributed by atoms with Crippen molar-refractivity contribution < 1.29 is 32.2 Å². The number of carbonyl (C=O) groups excluding carboxylic acids is 1. The van der Waals surface area contributed by atoms with Gasteiger partial charge in [-0.3, -0.25) is 4.79 Å². The third-order valence-electron chi connectivity index (χ3n) is 5.70. The van der Waals surface area contributed by atoms with E-state index in [0.29, 0.717) is 5.56 Å². The summed E-state index contributed by atoms with van der Waals surface area (Å²) in [6, 6.07) is 7.95. The van der Waals surface area contributed by atoms with Gasteiger partial charge in [-0.2, -0.15) is 13.2 Å². The number of halogens is 4. The third-order valence-corrected chi connectivity index (χ3v) is 5.70. The van der Waals surface area contributed by atoms with Gasteiger partial charge < -0.3 is 14.7 Å². The van der Waals surface area contributed by atoms with E-state index in [1.807, 2.05) is 0 Å². The zero-order valence-electron chi connectivity index (χ0n) is 17.2. The first-order valence-electron chi connectivity index (χ1n) is 10.1. The number of rotatable bonds is 6. The van der Waals surface area contributed by atoms with Gasteiger partial charge in [0.2, 0.25) is 0 Å². The molecule has 1 fully saturated rings. The summed E-state index contributed by atoms with van der Waals surface area (Å²) in [4.78, 5) is 15.0. The van der Waals surface area contributed by atoms with E-state index in [1.165, 1.54) is 24.3 Å². The molecule has 4 rings (SSSR count). The molecule has 1 N–H and O–H groups in total. The molecule has 1 unspecified atom stereocenters. The molecule has 1 saturated carbocycles. The van der Waals surface area contributed by atoms with Crippen molar-refractivity contribution in [2.45, 2.75) is 51.1 Å². The summed E-state index contributed by atoms with van der Waals surface area (Å²) in [7, 11) is 0. The topological polar surface area (TPSA) is 49.8 Å². The van der Waals surface area contributed by atoms with Crippen LogP contribution in [0.2, 0.25) is 0 Å². The highest BCUT2D eigenvalue weighted by molar-refractivity contribution is 6.05. The summed E-state index contributed by atoms with van der Waals surface area (Å²) in [6.07, 6.45) is -2.75. The van der Waals surface area contributed by atoms with Gasteiger partial charge in [0.25, 0.3) is 5.91 Å². The van der Waals surface area contributed by atoms with Crippen molar-refractivity contribution in [2.75, 3.05) is 6.61 Å². The molecule has 0 radical (unpaired) electrons. The molecule has 0 spiro atoms. The van der Waals surface area contributed by atoms with E-state index in [9.17, 15) is 27.5 Å². The lowest BCUT2D eigenvalue weighted by Gasteiger charge is -2.37. The van der Waals surface area contributed by atoms with Crippen molar-refractivity contribution in [1.82, 2.24) is 4.90 Å². The fraction of sp³-hybridized carbons (Fsp3) is 0.435. The van der Waals surface area contributed by atoms with Crippen LogP contribution in [0.3, 0.4) is 0 Å². The minimum Gasteiger partial charge on any atom is -0.483 e. The predicted octanol–water partition coefficient (Wildman–Crippen LogP) is 4.94. The monoisotopic (exact) mass is 437 g/mol. The lowest BCUT2D eigenvalue weighted by Crippen LogP contribution is -2.51. The van der Waals surface area contributed by atoms with Crippen LogP contribution in [0.25, 0.3) is 11.1 Å². The zero-order chi connectivity index (χ0) is 22.6. The van der Waals surface area contributed by atoms with Gasteiger partial charge >= 0.3 is 6.18 Å². The molecule has 2 aromatic carbocycles. The van der Waals surface area contributed by atoms with Crippen molar-refractivity contribution in [3.8, 4) is 16.9 Å². The Kier molecular flexibility index (Phi) is 5.24. The molecule has 4 nitrogen and oxygen atoms in total. The van der Waals surface area contributed by atoms with E-state index in [0.717, 1.165) is 18.9 Å². The molecule has 0 saturated heterocycles. The van der Waals surface area contributed by atoms with E-state index in [4.69, 9.17) is 4.74 Å². The quantitative estimate of drug-likeness (QED) is 0.652. The minimum absolute atomic E-state index is 0.0832. The van der Waals surface area contributed by atoms with E-state index in [-0.39, 0.29) is 40.8 Å². The van der Waals surface area contributed by atoms with Crippen LogP contribution in [0.15, 0.2) is 36.4 Å². The van der Waals surface area contributed by atoms with Crippen LogP contribution in [0.1, 0.15) is 42.6 Å². The predicted molar refractivity (Wildman–Crippen MR) is 106 cm³/mol. The van der Waals surface area contributed by atoms with Gasteiger partial charge in [0.15, 0.2) is 6.61 Å². The Labute approximate surface area is 177 Å². The number of nitrogens with zero attached hydrogens (tertiary/aromatic N) is 1. The molecule has 1 atom stereocenters. The van der Waals surface area contributed by atoms with E-state index >= 15 is 0 Å². The molecule has 1 amide bonds. The second kappa shape index (κ2) is 7.51. The highest BCUT2D eigenvalue weighted by atomic mass is 19.4. The van der Waals surface area contributed by atoms with E-state index in [1.54, 1.807) is 24.8 Å². The number of para-hydroxylation sites is 1. The second-order valence-electron chi connectivity index (χ2n) is 8.76. The average Bonchev–Trinajstić information content (AvgIpc) is 3.43. The van der Waals surface area contributed by atoms with Crippen molar-refractivity contribution in [1.29, 1.82) is 0 Å². The van der Waals surface area contributed by atoms with Gasteiger partial charge in [0.05, 0.1) is 17.2 Å². The number of hydrogen-bond acceptors (Lipinski definition) is 3. The van der Waals surface area contributed by atoms with Crippen molar-refractivity contribution >= 4 is 5.91 Å². The van der Waals surface area contributed by atoms with Gasteiger partial charge in [0.1, 0.15) is 11.6 Å². The Morgan fingerprint density at radius 2 is 1.84 bits per heavy atom. The molecule has 1 aliphatic heterocycles. The maximum atomic E-state index is 14.5. The van der Waals surface area contributed by atoms with Crippen LogP contribution >= 0.6 is 0 Å². The van der Waals surface area contributed by atoms with Crippen molar-refractivity contribution in [3.05, 3.63) is 53.3 Å². The minimum atomic E-state index is -4.53. The molecule has 31 heavy (non-hydrogen) atoms. The molecule has 8 heteroatoms. The summed E-state index contributed by atoms with van der Waals surface area (Å²) >= 11 is 0. The molecule has 1 aliphatic carbocycles. The van der Waals surface area contributed by atoms with Crippen LogP contribution in [-0.4, -0.2) is 40.3 Å². The van der Waals surface area contributed by atoms with E-state index < -0.39 is 30.2 Å². The Hall–Kier alpha value is -2.61. The maximum Gasteiger partial charge on any atom is 0.422 e. The van der Waals surface area contributed by atoms with Crippen LogP contribution in [0.5, 0.6) is 5.75 Å². The molecule has 2 aliphatic rings. The number of alkyl halides is 3. The highest BCUT2D eigenvalue weighted by Crippen LogP contribution is 2.45. The molecule has 1 heterocycles. The number of amides is 1. The molecule has 0 aromatic heterocycles. The van der Waals surface area contributed by atoms with Gasteiger partial charge in [-0.1, -0.05) is 18.2 Å². The smallest absolute Gasteiger partial charge is 0.422 e. The molecule has 0 bridgehead atoms. The Morgan fingerprint density at radius 1 is 1.16 bits per heavy atom. The lowest BCUT2D eigenvalue weighted by molar-refractivity contribution is -0.153. The van der Waals surface area contributed by atoms with Crippen LogP contribution < -0.4 is 4.74 Å². The van der Waals surface area contributed by atoms with Crippen LogP contribution in [0, 0.1) is 11.7 Å². The van der Waals surface area contributed by atoms with Crippen LogP contribution in [0.4, 0.5) is 17.6 Å². The van der Waals surface area contributed by atoms with Gasteiger partial charge in [-0.25, -0.2) is 4.39 Å². The number of carbonyl (C=O) groups is 1. The first kappa shape index (κ1) is 21.6. The Bertz CT molecular complexity index is 1010. The van der Waals surface area contributed by atoms with Crippen molar-refractivity contribution in [2.24, 2.45) is 5.92 Å². The summed E-state index contributed by atoms with van der Waals surface area (Å²) in [6.45, 7) is 1.93. The largest absolute Gasteiger partial charge is 0.483 e. The van der Waals surface area contributed by atoms with E-state index in [2.05, 4.69) is 0 Å². The molecular weight excluding hydrogens is 414 g/mol. The van der Waals surface area contributed by atoms with Crippen LogP contribution in [-0.2, 0) is 6.54 Å². The second-order valence-corrected chi connectivity index (χ2v) is 8.76. The summed E-state index contributed by atoms with van der Waals surface area (Å²) in [5.74, 6) is -0.885. The SMILES string of the molecule is CC(C)(O)C(C1CC1)N1Cc2cc(F)cc(-c3ccccc3OCC(F)(F)F)c2C1=O. The first-order valence-corrected chi connectivity index (χ1v) is 10.1. The lowest BCUT2D eigenvalue weighted by atomic mass is 9.92.